The van der Waals surface area contributed by atoms with Gasteiger partial charge in [-0.25, -0.2) is 14.3 Å². The minimum Gasteiger partial charge on any atom is -0.271 e. The van der Waals surface area contributed by atoms with E-state index >= 15 is 0 Å². The summed E-state index contributed by atoms with van der Waals surface area (Å²) in [6.07, 6.45) is 1.92. The number of thioether (sulfide) groups is 1. The third-order valence-electron chi connectivity index (χ3n) is 4.18. The normalized spacial score (nSPS) is 22.0. The van der Waals surface area contributed by atoms with Crippen LogP contribution in [0.1, 0.15) is 0 Å². The maximum Gasteiger partial charge on any atom is 0.263 e. The number of anilines is 2. The van der Waals surface area contributed by atoms with E-state index in [1.165, 1.54) is 41.0 Å². The number of benzene rings is 2. The first-order valence-electron chi connectivity index (χ1n) is 7.57. The molecule has 0 unspecified atom stereocenters. The molecule has 2 aliphatic heterocycles. The first kappa shape index (κ1) is 15.8. The number of carbonyl (C=O) groups excluding carboxylic acids is 2. The summed E-state index contributed by atoms with van der Waals surface area (Å²) in [4.78, 5) is 27.7. The van der Waals surface area contributed by atoms with Crippen molar-refractivity contribution in [3.8, 4) is 0 Å². The average Bonchev–Trinajstić information content (AvgIpc) is 3.16. The summed E-state index contributed by atoms with van der Waals surface area (Å²) < 4.78 is 13.1. The van der Waals surface area contributed by atoms with E-state index in [9.17, 15) is 14.0 Å². The predicted molar refractivity (Wildman–Crippen MR) is 92.0 cm³/mol. The summed E-state index contributed by atoms with van der Waals surface area (Å²) in [5.74, 6) is -1.18. The Bertz CT molecular complexity index is 886. The second-order valence-corrected chi connectivity index (χ2v) is 6.51. The Balaban J connectivity index is 1.69. The molecule has 2 atom stereocenters. The van der Waals surface area contributed by atoms with Crippen molar-refractivity contribution < 1.29 is 14.0 Å². The van der Waals surface area contributed by atoms with Crippen molar-refractivity contribution in [3.05, 3.63) is 54.3 Å². The lowest BCUT2D eigenvalue weighted by Crippen LogP contribution is -2.39. The van der Waals surface area contributed by atoms with Crippen LogP contribution in [-0.2, 0) is 9.59 Å². The summed E-state index contributed by atoms with van der Waals surface area (Å²) in [5, 5.41) is 9.29. The molecular formula is C17H13FN4O2S. The Morgan fingerprint density at radius 1 is 1.04 bits per heavy atom. The minimum atomic E-state index is -0.879. The van der Waals surface area contributed by atoms with Crippen LogP contribution in [0.3, 0.4) is 0 Å². The largest absolute Gasteiger partial charge is 0.271 e. The Hall–Kier alpha value is -2.74. The van der Waals surface area contributed by atoms with Gasteiger partial charge in [-0.2, -0.15) is 5.11 Å². The molecule has 1 fully saturated rings. The second-order valence-electron chi connectivity index (χ2n) is 5.63. The molecule has 0 N–H and O–H groups in total. The molecule has 6 nitrogen and oxygen atoms in total. The number of halogens is 1. The zero-order valence-corrected chi connectivity index (χ0v) is 14.0. The van der Waals surface area contributed by atoms with Crippen LogP contribution in [0.2, 0.25) is 0 Å². The highest BCUT2D eigenvalue weighted by atomic mass is 32.2. The Morgan fingerprint density at radius 2 is 1.80 bits per heavy atom. The summed E-state index contributed by atoms with van der Waals surface area (Å²) in [6.45, 7) is 0. The maximum absolute atomic E-state index is 13.1. The molecule has 126 valence electrons. The molecule has 0 radical (unpaired) electrons. The van der Waals surface area contributed by atoms with Crippen LogP contribution in [0, 0.1) is 5.82 Å². The number of amides is 2. The van der Waals surface area contributed by atoms with Gasteiger partial charge in [-0.05, 0) is 48.7 Å². The van der Waals surface area contributed by atoms with E-state index in [1.54, 1.807) is 18.2 Å². The van der Waals surface area contributed by atoms with Gasteiger partial charge in [-0.15, -0.1) is 11.8 Å². The van der Waals surface area contributed by atoms with E-state index in [1.807, 2.05) is 12.3 Å². The molecule has 25 heavy (non-hydrogen) atoms. The van der Waals surface area contributed by atoms with E-state index in [2.05, 4.69) is 10.3 Å². The number of hydrogen-bond acceptors (Lipinski definition) is 6. The molecule has 2 aromatic rings. The van der Waals surface area contributed by atoms with Gasteiger partial charge in [-0.3, -0.25) is 9.59 Å². The van der Waals surface area contributed by atoms with Crippen LogP contribution < -0.4 is 9.91 Å². The first-order chi connectivity index (χ1) is 12.1. The van der Waals surface area contributed by atoms with E-state index in [-0.39, 0.29) is 11.7 Å². The fourth-order valence-corrected chi connectivity index (χ4v) is 3.42. The van der Waals surface area contributed by atoms with Gasteiger partial charge in [0.15, 0.2) is 12.1 Å². The van der Waals surface area contributed by atoms with Crippen molar-refractivity contribution in [2.75, 3.05) is 16.2 Å². The SMILES string of the molecule is CSc1cccc(N2C(=O)[C@@H]3N=NN(c4ccc(F)cc4)[C@H]3C2=O)c1. The number of hydrogen-bond donors (Lipinski definition) is 0. The van der Waals surface area contributed by atoms with Crippen molar-refractivity contribution in [2.24, 2.45) is 10.3 Å². The highest BCUT2D eigenvalue weighted by molar-refractivity contribution is 7.98. The van der Waals surface area contributed by atoms with E-state index < -0.39 is 18.0 Å². The third-order valence-corrected chi connectivity index (χ3v) is 4.91. The lowest BCUT2D eigenvalue weighted by Gasteiger charge is -2.20. The molecular weight excluding hydrogens is 343 g/mol. The summed E-state index contributed by atoms with van der Waals surface area (Å²) in [5.41, 5.74) is 1.03. The first-order valence-corrected chi connectivity index (χ1v) is 8.80. The Labute approximate surface area is 147 Å². The summed E-state index contributed by atoms with van der Waals surface area (Å²) >= 11 is 1.53. The number of imide groups is 1. The Kier molecular flexibility index (Phi) is 3.76. The molecule has 0 spiro atoms. The molecule has 0 aromatic heterocycles. The van der Waals surface area contributed by atoms with Crippen LogP contribution in [0.4, 0.5) is 15.8 Å². The molecule has 4 rings (SSSR count). The van der Waals surface area contributed by atoms with Gasteiger partial charge in [0, 0.05) is 4.90 Å². The average molecular weight is 356 g/mol. The van der Waals surface area contributed by atoms with Crippen molar-refractivity contribution >= 4 is 35.0 Å². The maximum atomic E-state index is 13.1. The molecule has 8 heteroatoms. The van der Waals surface area contributed by atoms with Gasteiger partial charge >= 0.3 is 0 Å². The van der Waals surface area contributed by atoms with E-state index in [0.29, 0.717) is 11.4 Å². The second kappa shape index (κ2) is 5.96. The molecule has 1 saturated heterocycles. The highest BCUT2D eigenvalue weighted by Crippen LogP contribution is 2.35. The van der Waals surface area contributed by atoms with Crippen molar-refractivity contribution in [3.63, 3.8) is 0 Å². The van der Waals surface area contributed by atoms with Crippen molar-refractivity contribution in [1.82, 2.24) is 0 Å². The van der Waals surface area contributed by atoms with Gasteiger partial charge in [0.25, 0.3) is 11.8 Å². The molecule has 2 aliphatic rings. The molecule has 0 bridgehead atoms. The number of nitrogens with zero attached hydrogens (tertiary/aromatic N) is 4. The molecule has 0 aliphatic carbocycles. The summed E-state index contributed by atoms with van der Waals surface area (Å²) in [7, 11) is 0. The molecule has 2 amide bonds. The third kappa shape index (κ3) is 2.49. The van der Waals surface area contributed by atoms with E-state index in [0.717, 1.165) is 9.80 Å². The smallest absolute Gasteiger partial charge is 0.263 e. The summed E-state index contributed by atoms with van der Waals surface area (Å²) in [6, 6.07) is 11.1. The molecule has 2 aromatic carbocycles. The number of carbonyl (C=O) groups is 2. The van der Waals surface area contributed by atoms with Crippen LogP contribution in [0.5, 0.6) is 0 Å². The number of rotatable bonds is 3. The standard InChI is InChI=1S/C17H13FN4O2S/c1-25-13-4-2-3-12(9-13)21-16(23)14-15(17(21)24)22(20-19-14)11-7-5-10(18)6-8-11/h2-9,14-15H,1H3/t14-,15-/m1/s1. The topological polar surface area (TPSA) is 65.3 Å². The zero-order valence-electron chi connectivity index (χ0n) is 13.2. The fourth-order valence-electron chi connectivity index (χ4n) is 2.97. The van der Waals surface area contributed by atoms with Gasteiger partial charge in [0.05, 0.1) is 11.4 Å². The van der Waals surface area contributed by atoms with Crippen LogP contribution in [-0.4, -0.2) is 30.2 Å². The lowest BCUT2D eigenvalue weighted by molar-refractivity contribution is -0.121. The van der Waals surface area contributed by atoms with Crippen LogP contribution in [0.15, 0.2) is 63.8 Å². The zero-order chi connectivity index (χ0) is 17.6. The fraction of sp³-hybridized carbons (Fsp3) is 0.176. The highest BCUT2D eigenvalue weighted by Gasteiger charge is 2.55. The van der Waals surface area contributed by atoms with Crippen molar-refractivity contribution in [1.29, 1.82) is 0 Å². The van der Waals surface area contributed by atoms with Gasteiger partial charge in [0.2, 0.25) is 0 Å². The van der Waals surface area contributed by atoms with Gasteiger partial charge < -0.3 is 0 Å². The predicted octanol–water partition coefficient (Wildman–Crippen LogP) is 3.05. The lowest BCUT2D eigenvalue weighted by atomic mass is 10.1. The molecule has 0 saturated carbocycles. The quantitative estimate of drug-likeness (QED) is 0.626. The van der Waals surface area contributed by atoms with Crippen LogP contribution >= 0.6 is 11.8 Å². The van der Waals surface area contributed by atoms with Gasteiger partial charge in [-0.1, -0.05) is 11.3 Å². The van der Waals surface area contributed by atoms with E-state index in [4.69, 9.17) is 0 Å². The monoisotopic (exact) mass is 356 g/mol. The molecule has 2 heterocycles. The van der Waals surface area contributed by atoms with Crippen LogP contribution in [0.25, 0.3) is 0 Å². The minimum absolute atomic E-state index is 0.387. The van der Waals surface area contributed by atoms with Crippen molar-refractivity contribution in [2.45, 2.75) is 17.0 Å². The van der Waals surface area contributed by atoms with Gasteiger partial charge in [0.1, 0.15) is 5.82 Å². The number of fused-ring (bicyclic) bond motifs is 1. The Morgan fingerprint density at radius 3 is 2.52 bits per heavy atom.